The number of nitrogens with zero attached hydrogens (tertiary/aromatic N) is 2. The van der Waals surface area contributed by atoms with Crippen molar-refractivity contribution in [2.24, 2.45) is 0 Å². The SMILES string of the molecule is CCCN(C(=O)c1cc(NC)c(F)cc1[N+](=O)[O-])C(C)C. The maximum absolute atomic E-state index is 13.7. The van der Waals surface area contributed by atoms with Crippen LogP contribution in [0.5, 0.6) is 0 Å². The Morgan fingerprint density at radius 2 is 2.10 bits per heavy atom. The summed E-state index contributed by atoms with van der Waals surface area (Å²) in [7, 11) is 1.49. The van der Waals surface area contributed by atoms with Crippen molar-refractivity contribution in [1.29, 1.82) is 0 Å². The molecule has 0 aliphatic heterocycles. The molecular formula is C14H20FN3O3. The van der Waals surface area contributed by atoms with Crippen LogP contribution in [-0.2, 0) is 0 Å². The molecule has 0 bridgehead atoms. The maximum atomic E-state index is 13.7. The highest BCUT2D eigenvalue weighted by atomic mass is 19.1. The fraction of sp³-hybridized carbons (Fsp3) is 0.500. The number of carbonyl (C=O) groups excluding carboxylic acids is 1. The first-order valence-electron chi connectivity index (χ1n) is 6.80. The van der Waals surface area contributed by atoms with Crippen molar-refractivity contribution in [3.05, 3.63) is 33.6 Å². The third-order valence-corrected chi connectivity index (χ3v) is 3.13. The topological polar surface area (TPSA) is 75.5 Å². The Hall–Kier alpha value is -2.18. The number of nitrogens with one attached hydrogen (secondary N) is 1. The second kappa shape index (κ2) is 7.01. The number of benzene rings is 1. The van der Waals surface area contributed by atoms with Crippen molar-refractivity contribution in [1.82, 2.24) is 4.90 Å². The molecule has 0 aliphatic carbocycles. The third kappa shape index (κ3) is 3.68. The summed E-state index contributed by atoms with van der Waals surface area (Å²) in [6.45, 7) is 6.07. The molecule has 0 atom stereocenters. The van der Waals surface area contributed by atoms with E-state index in [1.165, 1.54) is 13.1 Å². The van der Waals surface area contributed by atoms with Gasteiger partial charge in [0.25, 0.3) is 11.6 Å². The Balaban J connectivity index is 3.38. The van der Waals surface area contributed by atoms with Crippen molar-refractivity contribution in [3.63, 3.8) is 0 Å². The van der Waals surface area contributed by atoms with Crippen LogP contribution in [-0.4, -0.2) is 35.4 Å². The smallest absolute Gasteiger partial charge is 0.285 e. The number of amides is 1. The quantitative estimate of drug-likeness (QED) is 0.647. The highest BCUT2D eigenvalue weighted by Gasteiger charge is 2.28. The van der Waals surface area contributed by atoms with E-state index in [9.17, 15) is 19.3 Å². The van der Waals surface area contributed by atoms with Gasteiger partial charge in [0.2, 0.25) is 0 Å². The lowest BCUT2D eigenvalue weighted by atomic mass is 10.1. The number of carbonyl (C=O) groups is 1. The zero-order valence-corrected chi connectivity index (χ0v) is 12.6. The number of halogens is 1. The Bertz CT molecular complexity index is 547. The molecule has 0 saturated heterocycles. The van der Waals surface area contributed by atoms with Crippen LogP contribution in [0.4, 0.5) is 15.8 Å². The van der Waals surface area contributed by atoms with Crippen molar-refractivity contribution in [2.45, 2.75) is 33.2 Å². The molecule has 0 heterocycles. The van der Waals surface area contributed by atoms with Gasteiger partial charge >= 0.3 is 0 Å². The molecule has 0 saturated carbocycles. The fourth-order valence-electron chi connectivity index (χ4n) is 2.07. The molecule has 0 aliphatic rings. The van der Waals surface area contributed by atoms with Crippen LogP contribution in [0, 0.1) is 15.9 Å². The van der Waals surface area contributed by atoms with Crippen LogP contribution in [0.3, 0.4) is 0 Å². The molecule has 0 radical (unpaired) electrons. The van der Waals surface area contributed by atoms with Gasteiger partial charge in [-0.1, -0.05) is 6.92 Å². The molecule has 7 heteroatoms. The molecule has 0 fully saturated rings. The lowest BCUT2D eigenvalue weighted by molar-refractivity contribution is -0.385. The number of hydrogen-bond donors (Lipinski definition) is 1. The third-order valence-electron chi connectivity index (χ3n) is 3.13. The number of nitro benzene ring substituents is 1. The summed E-state index contributed by atoms with van der Waals surface area (Å²) in [5, 5.41) is 13.7. The van der Waals surface area contributed by atoms with E-state index in [1.54, 1.807) is 4.90 Å². The average molecular weight is 297 g/mol. The zero-order chi connectivity index (χ0) is 16.2. The molecule has 6 nitrogen and oxygen atoms in total. The van der Waals surface area contributed by atoms with Gasteiger partial charge in [0.05, 0.1) is 16.7 Å². The summed E-state index contributed by atoms with van der Waals surface area (Å²) in [6, 6.07) is 1.88. The second-order valence-electron chi connectivity index (χ2n) is 4.95. The van der Waals surface area contributed by atoms with E-state index in [-0.39, 0.29) is 17.3 Å². The monoisotopic (exact) mass is 297 g/mol. The molecule has 1 amide bonds. The van der Waals surface area contributed by atoms with E-state index < -0.39 is 22.3 Å². The van der Waals surface area contributed by atoms with Gasteiger partial charge in [0.15, 0.2) is 5.82 Å². The number of nitro groups is 1. The van der Waals surface area contributed by atoms with E-state index >= 15 is 0 Å². The van der Waals surface area contributed by atoms with E-state index in [4.69, 9.17) is 0 Å². The number of rotatable bonds is 6. The van der Waals surface area contributed by atoms with Crippen LogP contribution >= 0.6 is 0 Å². The summed E-state index contributed by atoms with van der Waals surface area (Å²) >= 11 is 0. The number of hydrogen-bond acceptors (Lipinski definition) is 4. The maximum Gasteiger partial charge on any atom is 0.285 e. The number of anilines is 1. The summed E-state index contributed by atoms with van der Waals surface area (Å²) < 4.78 is 13.7. The molecule has 1 N–H and O–H groups in total. The van der Waals surface area contributed by atoms with Crippen LogP contribution in [0.2, 0.25) is 0 Å². The second-order valence-corrected chi connectivity index (χ2v) is 4.95. The largest absolute Gasteiger partial charge is 0.386 e. The normalized spacial score (nSPS) is 10.6. The van der Waals surface area contributed by atoms with Crippen molar-refractivity contribution >= 4 is 17.3 Å². The zero-order valence-electron chi connectivity index (χ0n) is 12.6. The Kier molecular flexibility index (Phi) is 5.63. The van der Waals surface area contributed by atoms with E-state index in [0.29, 0.717) is 6.54 Å². The van der Waals surface area contributed by atoms with Crippen molar-refractivity contribution in [2.75, 3.05) is 18.9 Å². The summed E-state index contributed by atoms with van der Waals surface area (Å²) in [4.78, 5) is 24.4. The van der Waals surface area contributed by atoms with Gasteiger partial charge in [-0.3, -0.25) is 14.9 Å². The lowest BCUT2D eigenvalue weighted by Crippen LogP contribution is -2.37. The fourth-order valence-corrected chi connectivity index (χ4v) is 2.07. The molecule has 0 spiro atoms. The standard InChI is InChI=1S/C14H20FN3O3/c1-5-6-17(9(2)3)14(19)10-7-12(16-4)11(15)8-13(10)18(20)21/h7-9,16H,5-6H2,1-4H3. The first-order valence-corrected chi connectivity index (χ1v) is 6.80. The molecule has 116 valence electrons. The minimum absolute atomic E-state index is 0.0594. The van der Waals surface area contributed by atoms with Gasteiger partial charge in [-0.25, -0.2) is 4.39 Å². The van der Waals surface area contributed by atoms with E-state index in [1.807, 2.05) is 20.8 Å². The van der Waals surface area contributed by atoms with E-state index in [0.717, 1.165) is 12.5 Å². The molecule has 1 aromatic rings. The van der Waals surface area contributed by atoms with Crippen LogP contribution < -0.4 is 5.32 Å². The lowest BCUT2D eigenvalue weighted by Gasteiger charge is -2.26. The minimum atomic E-state index is -0.757. The van der Waals surface area contributed by atoms with Crippen LogP contribution in [0.1, 0.15) is 37.6 Å². The van der Waals surface area contributed by atoms with Crippen LogP contribution in [0.15, 0.2) is 12.1 Å². The van der Waals surface area contributed by atoms with Gasteiger partial charge in [-0.2, -0.15) is 0 Å². The van der Waals surface area contributed by atoms with Crippen LogP contribution in [0.25, 0.3) is 0 Å². The van der Waals surface area contributed by atoms with Gasteiger partial charge < -0.3 is 10.2 Å². The summed E-state index contributed by atoms with van der Waals surface area (Å²) in [5.74, 6) is -1.22. The van der Waals surface area contributed by atoms with Gasteiger partial charge in [-0.05, 0) is 26.3 Å². The molecule has 0 aromatic heterocycles. The predicted octanol–water partition coefficient (Wildman–Crippen LogP) is 3.04. The first kappa shape index (κ1) is 16.9. The minimum Gasteiger partial charge on any atom is -0.386 e. The Morgan fingerprint density at radius 3 is 2.52 bits per heavy atom. The molecule has 1 aromatic carbocycles. The van der Waals surface area contributed by atoms with Gasteiger partial charge in [-0.15, -0.1) is 0 Å². The molecular weight excluding hydrogens is 277 g/mol. The van der Waals surface area contributed by atoms with Crippen molar-refractivity contribution < 1.29 is 14.1 Å². The first-order chi connectivity index (χ1) is 9.83. The summed E-state index contributed by atoms with van der Waals surface area (Å²) in [5.41, 5.74) is -0.560. The Morgan fingerprint density at radius 1 is 1.48 bits per heavy atom. The highest BCUT2D eigenvalue weighted by molar-refractivity contribution is 5.99. The summed E-state index contributed by atoms with van der Waals surface area (Å²) in [6.07, 6.45) is 0.734. The van der Waals surface area contributed by atoms with E-state index in [2.05, 4.69) is 5.32 Å². The van der Waals surface area contributed by atoms with Gasteiger partial charge in [0.1, 0.15) is 5.56 Å². The predicted molar refractivity (Wildman–Crippen MR) is 79.1 cm³/mol. The molecule has 1 rings (SSSR count). The Labute approximate surface area is 123 Å². The highest BCUT2D eigenvalue weighted by Crippen LogP contribution is 2.27. The molecule has 21 heavy (non-hydrogen) atoms. The molecule has 0 unspecified atom stereocenters. The van der Waals surface area contributed by atoms with Crippen molar-refractivity contribution in [3.8, 4) is 0 Å². The average Bonchev–Trinajstić information content (AvgIpc) is 2.43. The van der Waals surface area contributed by atoms with Gasteiger partial charge in [0, 0.05) is 19.6 Å².